The smallest absolute Gasteiger partial charge is 0.106 e. The third kappa shape index (κ3) is 2.77. The van der Waals surface area contributed by atoms with E-state index in [0.29, 0.717) is 6.42 Å². The molecule has 0 bridgehead atoms. The van der Waals surface area contributed by atoms with Gasteiger partial charge in [-0.25, -0.2) is 0 Å². The molecular weight excluding hydrogens is 212 g/mol. The highest BCUT2D eigenvalue weighted by Gasteiger charge is 2.14. The molecule has 0 aliphatic rings. The summed E-state index contributed by atoms with van der Waals surface area (Å²) in [5.74, 6) is 1.66. The number of rotatable bonds is 3. The van der Waals surface area contributed by atoms with Crippen molar-refractivity contribution in [2.45, 2.75) is 33.3 Å². The number of furan rings is 1. The van der Waals surface area contributed by atoms with E-state index in [9.17, 15) is 5.11 Å². The number of benzene rings is 1. The van der Waals surface area contributed by atoms with Gasteiger partial charge in [-0.05, 0) is 32.4 Å². The van der Waals surface area contributed by atoms with E-state index in [1.165, 1.54) is 5.56 Å². The van der Waals surface area contributed by atoms with Crippen LogP contribution in [0.4, 0.5) is 0 Å². The van der Waals surface area contributed by atoms with Crippen LogP contribution in [-0.4, -0.2) is 5.11 Å². The zero-order chi connectivity index (χ0) is 12.4. The predicted molar refractivity (Wildman–Crippen MR) is 68.0 cm³/mol. The van der Waals surface area contributed by atoms with Crippen molar-refractivity contribution in [2.24, 2.45) is 0 Å². The van der Waals surface area contributed by atoms with Gasteiger partial charge in [0.2, 0.25) is 0 Å². The molecule has 2 aromatic rings. The highest BCUT2D eigenvalue weighted by molar-refractivity contribution is 5.27. The first-order valence-corrected chi connectivity index (χ1v) is 5.87. The molecule has 0 radical (unpaired) electrons. The average molecular weight is 230 g/mol. The summed E-state index contributed by atoms with van der Waals surface area (Å²) in [5, 5.41) is 10.2. The van der Waals surface area contributed by atoms with E-state index in [1.54, 1.807) is 0 Å². The second-order valence-corrected chi connectivity index (χ2v) is 4.58. The van der Waals surface area contributed by atoms with Crippen molar-refractivity contribution in [3.63, 3.8) is 0 Å². The van der Waals surface area contributed by atoms with Crippen LogP contribution in [-0.2, 0) is 6.42 Å². The summed E-state index contributed by atoms with van der Waals surface area (Å²) in [4.78, 5) is 0. The predicted octanol–water partition coefficient (Wildman–Crippen LogP) is 3.48. The summed E-state index contributed by atoms with van der Waals surface area (Å²) in [6.45, 7) is 5.85. The van der Waals surface area contributed by atoms with Crippen LogP contribution in [0.1, 0.15) is 34.3 Å². The van der Waals surface area contributed by atoms with E-state index in [0.717, 1.165) is 22.6 Å². The van der Waals surface area contributed by atoms with E-state index in [4.69, 9.17) is 4.42 Å². The SMILES string of the molecule is Cc1cccc(CC(O)c2cc(C)oc2C)c1. The molecule has 0 aliphatic heterocycles. The Labute approximate surface area is 102 Å². The van der Waals surface area contributed by atoms with Crippen LogP contribution in [0.25, 0.3) is 0 Å². The molecule has 90 valence electrons. The molecule has 2 rings (SSSR count). The number of aliphatic hydroxyl groups excluding tert-OH is 1. The number of aryl methyl sites for hydroxylation is 3. The lowest BCUT2D eigenvalue weighted by Crippen LogP contribution is -2.02. The molecule has 17 heavy (non-hydrogen) atoms. The van der Waals surface area contributed by atoms with Crippen LogP contribution in [0.3, 0.4) is 0 Å². The van der Waals surface area contributed by atoms with Crippen LogP contribution in [0.2, 0.25) is 0 Å². The van der Waals surface area contributed by atoms with Crippen LogP contribution >= 0.6 is 0 Å². The first kappa shape index (κ1) is 11.9. The molecule has 2 nitrogen and oxygen atoms in total. The van der Waals surface area contributed by atoms with Crippen molar-refractivity contribution in [1.82, 2.24) is 0 Å². The van der Waals surface area contributed by atoms with Crippen molar-refractivity contribution >= 4 is 0 Å². The topological polar surface area (TPSA) is 33.4 Å². The minimum atomic E-state index is -0.491. The Balaban J connectivity index is 2.16. The summed E-state index contributed by atoms with van der Waals surface area (Å²) in [6.07, 6.45) is 0.135. The Morgan fingerprint density at radius 2 is 1.94 bits per heavy atom. The molecule has 0 saturated carbocycles. The van der Waals surface area contributed by atoms with Crippen molar-refractivity contribution < 1.29 is 9.52 Å². The van der Waals surface area contributed by atoms with Gasteiger partial charge in [0, 0.05) is 12.0 Å². The summed E-state index contributed by atoms with van der Waals surface area (Å²) in [5.41, 5.74) is 3.26. The Bertz CT molecular complexity index is 511. The van der Waals surface area contributed by atoms with Crippen molar-refractivity contribution in [1.29, 1.82) is 0 Å². The Morgan fingerprint density at radius 1 is 1.18 bits per heavy atom. The molecule has 1 heterocycles. The third-order valence-electron chi connectivity index (χ3n) is 2.95. The van der Waals surface area contributed by atoms with Crippen LogP contribution < -0.4 is 0 Å². The lowest BCUT2D eigenvalue weighted by Gasteiger charge is -2.10. The first-order chi connectivity index (χ1) is 8.06. The van der Waals surface area contributed by atoms with Gasteiger partial charge in [-0.1, -0.05) is 29.8 Å². The van der Waals surface area contributed by atoms with E-state index in [2.05, 4.69) is 19.1 Å². The zero-order valence-electron chi connectivity index (χ0n) is 10.5. The Hall–Kier alpha value is -1.54. The van der Waals surface area contributed by atoms with E-state index in [-0.39, 0.29) is 0 Å². The highest BCUT2D eigenvalue weighted by atomic mass is 16.3. The van der Waals surface area contributed by atoms with E-state index < -0.39 is 6.10 Å². The molecule has 0 aliphatic carbocycles. The maximum absolute atomic E-state index is 10.2. The van der Waals surface area contributed by atoms with Gasteiger partial charge in [0.05, 0.1) is 6.10 Å². The van der Waals surface area contributed by atoms with Crippen LogP contribution in [0.15, 0.2) is 34.7 Å². The molecule has 0 fully saturated rings. The van der Waals surface area contributed by atoms with Gasteiger partial charge < -0.3 is 9.52 Å². The number of hydrogen-bond acceptors (Lipinski definition) is 2. The molecule has 1 aromatic carbocycles. The fourth-order valence-corrected chi connectivity index (χ4v) is 2.15. The van der Waals surface area contributed by atoms with Crippen LogP contribution in [0, 0.1) is 20.8 Å². The van der Waals surface area contributed by atoms with Gasteiger partial charge in [0.25, 0.3) is 0 Å². The molecular formula is C15H18O2. The second-order valence-electron chi connectivity index (χ2n) is 4.58. The highest BCUT2D eigenvalue weighted by Crippen LogP contribution is 2.24. The average Bonchev–Trinajstić information content (AvgIpc) is 2.58. The van der Waals surface area contributed by atoms with Gasteiger partial charge in [-0.2, -0.15) is 0 Å². The number of hydrogen-bond donors (Lipinski definition) is 1. The summed E-state index contributed by atoms with van der Waals surface area (Å²) in [6, 6.07) is 10.1. The molecule has 0 amide bonds. The third-order valence-corrected chi connectivity index (χ3v) is 2.95. The normalized spacial score (nSPS) is 12.7. The van der Waals surface area contributed by atoms with E-state index >= 15 is 0 Å². The molecule has 0 saturated heterocycles. The van der Waals surface area contributed by atoms with Gasteiger partial charge in [-0.3, -0.25) is 0 Å². The van der Waals surface area contributed by atoms with Gasteiger partial charge in [0.15, 0.2) is 0 Å². The van der Waals surface area contributed by atoms with Crippen molar-refractivity contribution in [3.8, 4) is 0 Å². The molecule has 0 spiro atoms. The van der Waals surface area contributed by atoms with E-state index in [1.807, 2.05) is 32.0 Å². The molecule has 1 aromatic heterocycles. The number of aliphatic hydroxyl groups is 1. The Morgan fingerprint density at radius 3 is 2.53 bits per heavy atom. The molecule has 2 heteroatoms. The molecule has 1 unspecified atom stereocenters. The summed E-state index contributed by atoms with van der Waals surface area (Å²) in [7, 11) is 0. The minimum Gasteiger partial charge on any atom is -0.466 e. The zero-order valence-corrected chi connectivity index (χ0v) is 10.5. The Kier molecular flexibility index (Phi) is 3.34. The minimum absolute atomic E-state index is 0.491. The van der Waals surface area contributed by atoms with Gasteiger partial charge in [0.1, 0.15) is 11.5 Å². The maximum Gasteiger partial charge on any atom is 0.106 e. The van der Waals surface area contributed by atoms with Crippen molar-refractivity contribution in [3.05, 3.63) is 58.5 Å². The lowest BCUT2D eigenvalue weighted by atomic mass is 10.0. The monoisotopic (exact) mass is 230 g/mol. The fourth-order valence-electron chi connectivity index (χ4n) is 2.15. The van der Waals surface area contributed by atoms with Crippen molar-refractivity contribution in [2.75, 3.05) is 0 Å². The molecule has 1 N–H and O–H groups in total. The van der Waals surface area contributed by atoms with Crippen LogP contribution in [0.5, 0.6) is 0 Å². The first-order valence-electron chi connectivity index (χ1n) is 5.87. The molecule has 1 atom stereocenters. The lowest BCUT2D eigenvalue weighted by molar-refractivity contribution is 0.176. The second kappa shape index (κ2) is 4.76. The summed E-state index contributed by atoms with van der Waals surface area (Å²) < 4.78 is 5.44. The van der Waals surface area contributed by atoms with Gasteiger partial charge >= 0.3 is 0 Å². The summed E-state index contributed by atoms with van der Waals surface area (Å²) >= 11 is 0. The standard InChI is InChI=1S/C15H18O2/c1-10-5-4-6-13(7-10)9-15(16)14-8-11(2)17-12(14)3/h4-8,15-16H,9H2,1-3H3. The fraction of sp³-hybridized carbons (Fsp3) is 0.333. The largest absolute Gasteiger partial charge is 0.466 e. The van der Waals surface area contributed by atoms with Gasteiger partial charge in [-0.15, -0.1) is 0 Å². The quantitative estimate of drug-likeness (QED) is 0.875. The maximum atomic E-state index is 10.2.